The lowest BCUT2D eigenvalue weighted by atomic mass is 10.0. The van der Waals surface area contributed by atoms with Crippen molar-refractivity contribution >= 4 is 21.6 Å². The number of nitrogens with one attached hydrogen (secondary N) is 1. The number of halogens is 4. The van der Waals surface area contributed by atoms with Gasteiger partial charge in [-0.05, 0) is 21.8 Å². The van der Waals surface area contributed by atoms with Crippen LogP contribution in [0.3, 0.4) is 0 Å². The predicted molar refractivity (Wildman–Crippen MR) is 73.6 cm³/mol. The van der Waals surface area contributed by atoms with Gasteiger partial charge in [-0.15, -0.1) is 0 Å². The average molecular weight is 357 g/mol. The Kier molecular flexibility index (Phi) is 5.58. The van der Waals surface area contributed by atoms with E-state index in [9.17, 15) is 18.0 Å². The van der Waals surface area contributed by atoms with Gasteiger partial charge in [-0.2, -0.15) is 18.3 Å². The number of hydrogen-bond acceptors (Lipinski definition) is 4. The first-order valence-electron chi connectivity index (χ1n) is 5.94. The Labute approximate surface area is 122 Å². The van der Waals surface area contributed by atoms with Crippen LogP contribution in [-0.4, -0.2) is 28.5 Å². The van der Waals surface area contributed by atoms with Gasteiger partial charge in [-0.1, -0.05) is 13.8 Å². The third-order valence-electron chi connectivity index (χ3n) is 2.71. The zero-order chi connectivity index (χ0) is 15.5. The average Bonchev–Trinajstić information content (AvgIpc) is 2.32. The largest absolute Gasteiger partial charge is 0.408 e. The van der Waals surface area contributed by atoms with E-state index in [1.165, 1.54) is 6.20 Å². The minimum Gasteiger partial charge on any atom is -0.378 e. The fraction of sp³-hybridized carbons (Fsp3) is 0.636. The zero-order valence-electron chi connectivity index (χ0n) is 11.0. The molecule has 0 aliphatic heterocycles. The zero-order valence-corrected chi connectivity index (χ0v) is 12.6. The van der Waals surface area contributed by atoms with E-state index >= 15 is 0 Å². The summed E-state index contributed by atoms with van der Waals surface area (Å²) in [7, 11) is 0. The van der Waals surface area contributed by atoms with Gasteiger partial charge in [0, 0.05) is 12.6 Å². The van der Waals surface area contributed by atoms with Crippen LogP contribution in [0.15, 0.2) is 15.5 Å². The maximum absolute atomic E-state index is 12.3. The highest BCUT2D eigenvalue weighted by Crippen LogP contribution is 2.21. The number of nitrogens with zero attached hydrogens (tertiary/aromatic N) is 2. The molecule has 9 heteroatoms. The molecule has 1 atom stereocenters. The van der Waals surface area contributed by atoms with Crippen molar-refractivity contribution in [1.29, 1.82) is 0 Å². The van der Waals surface area contributed by atoms with Crippen LogP contribution in [0, 0.1) is 5.92 Å². The van der Waals surface area contributed by atoms with Crippen molar-refractivity contribution in [3.05, 3.63) is 21.0 Å². The first-order valence-corrected chi connectivity index (χ1v) is 6.74. The molecule has 3 N–H and O–H groups in total. The number of alkyl halides is 3. The van der Waals surface area contributed by atoms with Crippen molar-refractivity contribution in [1.82, 2.24) is 9.78 Å². The van der Waals surface area contributed by atoms with Gasteiger partial charge < -0.3 is 11.1 Å². The smallest absolute Gasteiger partial charge is 0.378 e. The fourth-order valence-electron chi connectivity index (χ4n) is 1.55. The van der Waals surface area contributed by atoms with Crippen molar-refractivity contribution in [2.45, 2.75) is 32.6 Å². The van der Waals surface area contributed by atoms with Crippen LogP contribution in [0.25, 0.3) is 0 Å². The third-order valence-corrected chi connectivity index (χ3v) is 3.48. The van der Waals surface area contributed by atoms with Gasteiger partial charge in [-0.3, -0.25) is 4.79 Å². The fourth-order valence-corrected chi connectivity index (χ4v) is 1.97. The molecule has 1 aromatic rings. The van der Waals surface area contributed by atoms with Gasteiger partial charge in [-0.25, -0.2) is 4.68 Å². The Morgan fingerprint density at radius 1 is 1.50 bits per heavy atom. The molecule has 1 rings (SSSR count). The number of nitrogens with two attached hydrogens (primary N) is 1. The Balaban J connectivity index is 3.03. The summed E-state index contributed by atoms with van der Waals surface area (Å²) in [6.45, 7) is 2.79. The van der Waals surface area contributed by atoms with Crippen molar-refractivity contribution in [3.8, 4) is 0 Å². The van der Waals surface area contributed by atoms with Crippen molar-refractivity contribution < 1.29 is 13.2 Å². The van der Waals surface area contributed by atoms with E-state index in [1.807, 2.05) is 13.8 Å². The normalized spacial score (nSPS) is 13.6. The SMILES string of the molecule is CC(C)C(CN)Nc1cnn(CC(F)(F)F)c(=O)c1Br. The monoisotopic (exact) mass is 356 g/mol. The Hall–Kier alpha value is -1.09. The van der Waals surface area contributed by atoms with Crippen LogP contribution in [0.1, 0.15) is 13.8 Å². The van der Waals surface area contributed by atoms with Crippen LogP contribution >= 0.6 is 15.9 Å². The highest BCUT2D eigenvalue weighted by atomic mass is 79.9. The third kappa shape index (κ3) is 4.48. The number of aromatic nitrogens is 2. The number of anilines is 1. The molecule has 0 saturated heterocycles. The van der Waals surface area contributed by atoms with Crippen molar-refractivity contribution in [2.75, 3.05) is 11.9 Å². The second kappa shape index (κ2) is 6.57. The Morgan fingerprint density at radius 3 is 2.55 bits per heavy atom. The van der Waals surface area contributed by atoms with E-state index in [4.69, 9.17) is 5.73 Å². The standard InChI is InChI=1S/C11H16BrF3N4O/c1-6(2)7(3-16)18-8-4-17-19(5-11(13,14)15)10(20)9(8)12/h4,6-7,18H,3,5,16H2,1-2H3. The molecule has 1 unspecified atom stereocenters. The highest BCUT2D eigenvalue weighted by molar-refractivity contribution is 9.10. The lowest BCUT2D eigenvalue weighted by Crippen LogP contribution is -2.36. The maximum Gasteiger partial charge on any atom is 0.408 e. The van der Waals surface area contributed by atoms with Gasteiger partial charge >= 0.3 is 6.18 Å². The van der Waals surface area contributed by atoms with Crippen LogP contribution in [0.5, 0.6) is 0 Å². The molecule has 0 saturated carbocycles. The van der Waals surface area contributed by atoms with Crippen molar-refractivity contribution in [2.24, 2.45) is 11.7 Å². The molecule has 114 valence electrons. The molecule has 0 amide bonds. The molecule has 0 fully saturated rings. The van der Waals surface area contributed by atoms with Gasteiger partial charge in [0.05, 0.1) is 11.9 Å². The molecular formula is C11H16BrF3N4O. The van der Waals surface area contributed by atoms with Gasteiger partial charge in [0.1, 0.15) is 11.0 Å². The summed E-state index contributed by atoms with van der Waals surface area (Å²) in [5, 5.41) is 6.52. The minimum absolute atomic E-state index is 0.0100. The Morgan fingerprint density at radius 2 is 2.10 bits per heavy atom. The number of hydrogen-bond donors (Lipinski definition) is 2. The molecule has 20 heavy (non-hydrogen) atoms. The maximum atomic E-state index is 12.3. The van der Waals surface area contributed by atoms with Crippen molar-refractivity contribution in [3.63, 3.8) is 0 Å². The van der Waals surface area contributed by atoms with Gasteiger partial charge in [0.25, 0.3) is 5.56 Å². The van der Waals surface area contributed by atoms with E-state index in [2.05, 4.69) is 26.3 Å². The van der Waals surface area contributed by atoms with Crippen LogP contribution in [0.2, 0.25) is 0 Å². The highest BCUT2D eigenvalue weighted by Gasteiger charge is 2.29. The van der Waals surface area contributed by atoms with E-state index in [0.29, 0.717) is 16.9 Å². The summed E-state index contributed by atoms with van der Waals surface area (Å²) in [4.78, 5) is 11.8. The summed E-state index contributed by atoms with van der Waals surface area (Å²) in [5.74, 6) is 0.199. The molecule has 0 bridgehead atoms. The Bertz CT molecular complexity index is 515. The summed E-state index contributed by atoms with van der Waals surface area (Å²) < 4.78 is 37.2. The predicted octanol–water partition coefficient (Wildman–Crippen LogP) is 1.96. The number of rotatable bonds is 5. The first kappa shape index (κ1) is 17.0. The van der Waals surface area contributed by atoms with Crippen LogP contribution < -0.4 is 16.6 Å². The van der Waals surface area contributed by atoms with E-state index in [-0.39, 0.29) is 16.4 Å². The summed E-state index contributed by atoms with van der Waals surface area (Å²) in [6, 6.07) is -0.106. The minimum atomic E-state index is -4.50. The molecule has 1 heterocycles. The molecule has 0 aliphatic carbocycles. The molecule has 0 spiro atoms. The van der Waals surface area contributed by atoms with Crippen LogP contribution in [-0.2, 0) is 6.54 Å². The molecule has 0 aliphatic rings. The summed E-state index contributed by atoms with van der Waals surface area (Å²) >= 11 is 3.00. The lowest BCUT2D eigenvalue weighted by molar-refractivity contribution is -0.143. The second-order valence-electron chi connectivity index (χ2n) is 4.68. The second-order valence-corrected chi connectivity index (χ2v) is 5.47. The molecule has 5 nitrogen and oxygen atoms in total. The first-order chi connectivity index (χ1) is 9.15. The van der Waals surface area contributed by atoms with E-state index in [0.717, 1.165) is 0 Å². The summed E-state index contributed by atoms with van der Waals surface area (Å²) in [6.07, 6.45) is -3.31. The van der Waals surface area contributed by atoms with E-state index in [1.54, 1.807) is 0 Å². The quantitative estimate of drug-likeness (QED) is 0.845. The van der Waals surface area contributed by atoms with E-state index < -0.39 is 18.3 Å². The van der Waals surface area contributed by atoms with Gasteiger partial charge in [0.2, 0.25) is 0 Å². The van der Waals surface area contributed by atoms with Crippen LogP contribution in [0.4, 0.5) is 18.9 Å². The molecule has 1 aromatic heterocycles. The van der Waals surface area contributed by atoms with Gasteiger partial charge in [0.15, 0.2) is 0 Å². The summed E-state index contributed by atoms with van der Waals surface area (Å²) in [5.41, 5.74) is 5.08. The topological polar surface area (TPSA) is 72.9 Å². The molecule has 0 aromatic carbocycles. The molecular weight excluding hydrogens is 341 g/mol. The lowest BCUT2D eigenvalue weighted by Gasteiger charge is -2.22. The molecule has 0 radical (unpaired) electrons.